The van der Waals surface area contributed by atoms with Crippen molar-refractivity contribution >= 4 is 17.7 Å². The van der Waals surface area contributed by atoms with E-state index in [0.29, 0.717) is 31.1 Å². The van der Waals surface area contributed by atoms with E-state index in [2.05, 4.69) is 56.4 Å². The maximum Gasteiger partial charge on any atom is 0.257 e. The van der Waals surface area contributed by atoms with Crippen LogP contribution in [0.2, 0.25) is 0 Å². The first-order valence-electron chi connectivity index (χ1n) is 9.76. The predicted octanol–water partition coefficient (Wildman–Crippen LogP) is 2.75. The van der Waals surface area contributed by atoms with E-state index >= 15 is 0 Å². The predicted molar refractivity (Wildman–Crippen MR) is 113 cm³/mol. The zero-order valence-corrected chi connectivity index (χ0v) is 16.5. The minimum Gasteiger partial charge on any atom is -0.353 e. The number of pyridine rings is 1. The van der Waals surface area contributed by atoms with Gasteiger partial charge in [0, 0.05) is 51.3 Å². The molecule has 0 atom stereocenters. The fraction of sp³-hybridized carbons (Fsp3) is 0.273. The van der Waals surface area contributed by atoms with Gasteiger partial charge in [-0.15, -0.1) is 0 Å². The van der Waals surface area contributed by atoms with Crippen LogP contribution < -0.4 is 10.2 Å². The first-order valence-corrected chi connectivity index (χ1v) is 9.76. The van der Waals surface area contributed by atoms with Crippen LogP contribution in [0.25, 0.3) is 0 Å². The lowest BCUT2D eigenvalue weighted by molar-refractivity contribution is 0.0745. The largest absolute Gasteiger partial charge is 0.353 e. The molecule has 1 fully saturated rings. The summed E-state index contributed by atoms with van der Waals surface area (Å²) >= 11 is 0. The summed E-state index contributed by atoms with van der Waals surface area (Å²) in [6.45, 7) is 5.54. The van der Waals surface area contributed by atoms with Crippen LogP contribution in [0.3, 0.4) is 0 Å². The highest BCUT2D eigenvalue weighted by atomic mass is 16.2. The summed E-state index contributed by atoms with van der Waals surface area (Å²) in [4.78, 5) is 29.8. The smallest absolute Gasteiger partial charge is 0.257 e. The van der Waals surface area contributed by atoms with E-state index < -0.39 is 0 Å². The first kappa shape index (κ1) is 18.9. The lowest BCUT2D eigenvalue weighted by atomic mass is 10.1. The molecule has 7 heteroatoms. The summed E-state index contributed by atoms with van der Waals surface area (Å²) in [5.41, 5.74) is 2.90. The Bertz CT molecular complexity index is 935. The van der Waals surface area contributed by atoms with Gasteiger partial charge in [0.05, 0.1) is 5.56 Å². The number of nitrogens with one attached hydrogen (secondary N) is 1. The molecule has 3 aromatic rings. The van der Waals surface area contributed by atoms with Crippen LogP contribution in [0.1, 0.15) is 21.5 Å². The molecule has 3 heterocycles. The number of nitrogens with zero attached hydrogens (tertiary/aromatic N) is 5. The number of anilines is 2. The molecule has 7 nitrogen and oxygen atoms in total. The van der Waals surface area contributed by atoms with Crippen molar-refractivity contribution in [2.75, 3.05) is 36.4 Å². The van der Waals surface area contributed by atoms with Crippen LogP contribution in [0, 0.1) is 6.92 Å². The molecule has 0 bridgehead atoms. The third-order valence-corrected chi connectivity index (χ3v) is 5.01. The van der Waals surface area contributed by atoms with Crippen molar-refractivity contribution in [2.45, 2.75) is 13.5 Å². The molecule has 0 spiro atoms. The maximum atomic E-state index is 12.8. The van der Waals surface area contributed by atoms with Crippen LogP contribution >= 0.6 is 0 Å². The molecule has 1 aliphatic heterocycles. The number of carbonyl (C=O) groups excluding carboxylic acids is 1. The summed E-state index contributed by atoms with van der Waals surface area (Å²) in [5.74, 6) is 1.43. The first-order chi connectivity index (χ1) is 14.2. The van der Waals surface area contributed by atoms with Gasteiger partial charge in [0.1, 0.15) is 5.82 Å². The topological polar surface area (TPSA) is 74.2 Å². The number of benzene rings is 1. The third-order valence-electron chi connectivity index (χ3n) is 5.01. The molecule has 148 valence electrons. The van der Waals surface area contributed by atoms with E-state index in [9.17, 15) is 4.79 Å². The number of amides is 1. The standard InChI is InChI=1S/C22H24N6O/c1-17-5-7-18(8-6-17)14-24-22-25-15-19(16-26-22)21(29)28-12-10-27(11-13-28)20-4-2-3-9-23-20/h2-9,15-16H,10-14H2,1H3,(H,24,25,26). The van der Waals surface area contributed by atoms with Crippen molar-refractivity contribution in [1.29, 1.82) is 0 Å². The molecule has 0 saturated carbocycles. The third kappa shape index (κ3) is 4.68. The van der Waals surface area contributed by atoms with Gasteiger partial charge in [0.25, 0.3) is 5.91 Å². The molecule has 1 N–H and O–H groups in total. The Balaban J connectivity index is 1.31. The Hall–Kier alpha value is -3.48. The van der Waals surface area contributed by atoms with Gasteiger partial charge in [-0.2, -0.15) is 0 Å². The van der Waals surface area contributed by atoms with E-state index in [0.717, 1.165) is 24.5 Å². The number of aromatic nitrogens is 3. The number of hydrogen-bond donors (Lipinski definition) is 1. The summed E-state index contributed by atoms with van der Waals surface area (Å²) in [6, 6.07) is 14.2. The Labute approximate surface area is 170 Å². The molecule has 0 radical (unpaired) electrons. The lowest BCUT2D eigenvalue weighted by Crippen LogP contribution is -2.49. The van der Waals surface area contributed by atoms with Crippen molar-refractivity contribution in [1.82, 2.24) is 19.9 Å². The van der Waals surface area contributed by atoms with Crippen molar-refractivity contribution in [3.05, 3.63) is 77.7 Å². The van der Waals surface area contributed by atoms with Crippen LogP contribution in [0.15, 0.2) is 61.1 Å². The molecule has 0 unspecified atom stereocenters. The summed E-state index contributed by atoms with van der Waals surface area (Å²) in [7, 11) is 0. The monoisotopic (exact) mass is 388 g/mol. The highest BCUT2D eigenvalue weighted by Crippen LogP contribution is 2.14. The van der Waals surface area contributed by atoms with Gasteiger partial charge in [-0.3, -0.25) is 4.79 Å². The van der Waals surface area contributed by atoms with E-state index in [1.165, 1.54) is 5.56 Å². The molecular weight excluding hydrogens is 364 g/mol. The van der Waals surface area contributed by atoms with E-state index in [1.807, 2.05) is 23.1 Å². The lowest BCUT2D eigenvalue weighted by Gasteiger charge is -2.35. The van der Waals surface area contributed by atoms with Crippen molar-refractivity contribution in [3.8, 4) is 0 Å². The molecule has 4 rings (SSSR count). The number of aryl methyl sites for hydroxylation is 1. The number of carbonyl (C=O) groups is 1. The van der Waals surface area contributed by atoms with Crippen molar-refractivity contribution < 1.29 is 4.79 Å². The van der Waals surface area contributed by atoms with E-state index in [-0.39, 0.29) is 5.91 Å². The minimum absolute atomic E-state index is 0.0317. The quantitative estimate of drug-likeness (QED) is 0.724. The number of piperazine rings is 1. The number of hydrogen-bond acceptors (Lipinski definition) is 6. The van der Waals surface area contributed by atoms with Gasteiger partial charge < -0.3 is 15.1 Å². The molecule has 1 aromatic carbocycles. The fourth-order valence-electron chi connectivity index (χ4n) is 3.28. The maximum absolute atomic E-state index is 12.8. The Kier molecular flexibility index (Phi) is 5.65. The Morgan fingerprint density at radius 1 is 0.966 bits per heavy atom. The van der Waals surface area contributed by atoms with E-state index in [4.69, 9.17) is 0 Å². The summed E-state index contributed by atoms with van der Waals surface area (Å²) in [5, 5.41) is 3.19. The molecular formula is C22H24N6O. The molecule has 1 amide bonds. The molecule has 1 aliphatic rings. The van der Waals surface area contributed by atoms with Gasteiger partial charge in [-0.1, -0.05) is 35.9 Å². The average Bonchev–Trinajstić information content (AvgIpc) is 2.79. The summed E-state index contributed by atoms with van der Waals surface area (Å²) in [6.07, 6.45) is 4.98. The molecule has 29 heavy (non-hydrogen) atoms. The fourth-order valence-corrected chi connectivity index (χ4v) is 3.28. The zero-order chi connectivity index (χ0) is 20.1. The van der Waals surface area contributed by atoms with Crippen LogP contribution in [-0.2, 0) is 6.54 Å². The van der Waals surface area contributed by atoms with Crippen LogP contribution in [0.5, 0.6) is 0 Å². The molecule has 2 aromatic heterocycles. The van der Waals surface area contributed by atoms with E-state index in [1.54, 1.807) is 18.6 Å². The second-order valence-corrected chi connectivity index (χ2v) is 7.10. The van der Waals surface area contributed by atoms with Crippen LogP contribution in [0.4, 0.5) is 11.8 Å². The van der Waals surface area contributed by atoms with Crippen LogP contribution in [-0.4, -0.2) is 51.9 Å². The minimum atomic E-state index is -0.0317. The zero-order valence-electron chi connectivity index (χ0n) is 16.5. The van der Waals surface area contributed by atoms with Gasteiger partial charge >= 0.3 is 0 Å². The second kappa shape index (κ2) is 8.68. The SMILES string of the molecule is Cc1ccc(CNc2ncc(C(=O)N3CCN(c4ccccn4)CC3)cn2)cc1. The van der Waals surface area contributed by atoms with Gasteiger partial charge in [0.15, 0.2) is 0 Å². The highest BCUT2D eigenvalue weighted by Gasteiger charge is 2.23. The summed E-state index contributed by atoms with van der Waals surface area (Å²) < 4.78 is 0. The second-order valence-electron chi connectivity index (χ2n) is 7.10. The average molecular weight is 388 g/mol. The highest BCUT2D eigenvalue weighted by molar-refractivity contribution is 5.93. The van der Waals surface area contributed by atoms with Gasteiger partial charge in [-0.05, 0) is 24.6 Å². The molecule has 1 saturated heterocycles. The van der Waals surface area contributed by atoms with Crippen molar-refractivity contribution in [3.63, 3.8) is 0 Å². The van der Waals surface area contributed by atoms with Gasteiger partial charge in [-0.25, -0.2) is 15.0 Å². The van der Waals surface area contributed by atoms with Crippen molar-refractivity contribution in [2.24, 2.45) is 0 Å². The normalized spacial score (nSPS) is 14.0. The van der Waals surface area contributed by atoms with Gasteiger partial charge in [0.2, 0.25) is 5.95 Å². The Morgan fingerprint density at radius 2 is 1.69 bits per heavy atom. The number of rotatable bonds is 5. The Morgan fingerprint density at radius 3 is 2.34 bits per heavy atom. The molecule has 0 aliphatic carbocycles.